The van der Waals surface area contributed by atoms with Crippen molar-refractivity contribution in [1.82, 2.24) is 14.8 Å². The fourth-order valence-corrected chi connectivity index (χ4v) is 4.14. The minimum atomic E-state index is -0.513. The van der Waals surface area contributed by atoms with Gasteiger partial charge in [0.1, 0.15) is 23.9 Å². The van der Waals surface area contributed by atoms with E-state index >= 15 is 0 Å². The van der Waals surface area contributed by atoms with Crippen LogP contribution in [0, 0.1) is 12.7 Å². The van der Waals surface area contributed by atoms with Crippen molar-refractivity contribution < 1.29 is 18.7 Å². The molecule has 0 saturated heterocycles. The second-order valence-electron chi connectivity index (χ2n) is 7.77. The van der Waals surface area contributed by atoms with E-state index in [0.29, 0.717) is 28.2 Å². The van der Waals surface area contributed by atoms with Gasteiger partial charge in [-0.15, -0.1) is 10.2 Å². The normalized spacial score (nSPS) is 11.7. The third-order valence-electron chi connectivity index (χ3n) is 5.19. The highest BCUT2D eigenvalue weighted by atomic mass is 32.2. The molecule has 9 heteroatoms. The average molecular weight is 493 g/mol. The summed E-state index contributed by atoms with van der Waals surface area (Å²) in [5, 5.41) is 11.2. The Morgan fingerprint density at radius 1 is 1.03 bits per heavy atom. The number of rotatable bonds is 9. The number of amides is 1. The second-order valence-corrected chi connectivity index (χ2v) is 9.07. The van der Waals surface area contributed by atoms with Gasteiger partial charge < -0.3 is 14.8 Å². The van der Waals surface area contributed by atoms with Gasteiger partial charge in [-0.3, -0.25) is 9.36 Å². The maximum Gasteiger partial charge on any atom is 0.237 e. The molecule has 0 radical (unpaired) electrons. The number of halogens is 1. The van der Waals surface area contributed by atoms with Gasteiger partial charge in [0.2, 0.25) is 5.91 Å². The zero-order valence-corrected chi connectivity index (χ0v) is 20.4. The molecular weight excluding hydrogens is 467 g/mol. The first kappa shape index (κ1) is 24.3. The molecular formula is C26H25FN4O3S. The number of ether oxygens (including phenoxy) is 2. The number of thioether (sulfide) groups is 1. The molecule has 0 spiro atoms. The summed E-state index contributed by atoms with van der Waals surface area (Å²) >= 11 is 1.19. The van der Waals surface area contributed by atoms with Crippen LogP contribution in [0.1, 0.15) is 18.3 Å². The predicted molar refractivity (Wildman–Crippen MR) is 134 cm³/mol. The quantitative estimate of drug-likeness (QED) is 0.314. The zero-order chi connectivity index (χ0) is 24.8. The SMILES string of the molecule is COc1ccc(OCc2nnc(SC(C)C(=O)Nc3ccc(C)cc3)n2-c2ccccc2F)cc1. The molecule has 1 aromatic heterocycles. The van der Waals surface area contributed by atoms with Gasteiger partial charge in [0.15, 0.2) is 11.0 Å². The van der Waals surface area contributed by atoms with Crippen LogP contribution in [0.15, 0.2) is 78.0 Å². The monoisotopic (exact) mass is 492 g/mol. The fraction of sp³-hybridized carbons (Fsp3) is 0.192. The first-order chi connectivity index (χ1) is 16.9. The van der Waals surface area contributed by atoms with Crippen molar-refractivity contribution >= 4 is 23.4 Å². The number of aromatic nitrogens is 3. The minimum absolute atomic E-state index is 0.0537. The molecule has 0 aliphatic carbocycles. The molecule has 35 heavy (non-hydrogen) atoms. The summed E-state index contributed by atoms with van der Waals surface area (Å²) < 4.78 is 27.4. The lowest BCUT2D eigenvalue weighted by Crippen LogP contribution is -2.23. The van der Waals surface area contributed by atoms with Crippen molar-refractivity contribution in [3.63, 3.8) is 0 Å². The molecule has 4 rings (SSSR count). The average Bonchev–Trinajstić information content (AvgIpc) is 3.26. The van der Waals surface area contributed by atoms with Crippen molar-refractivity contribution in [2.45, 2.75) is 30.9 Å². The number of nitrogens with zero attached hydrogens (tertiary/aromatic N) is 3. The van der Waals surface area contributed by atoms with Gasteiger partial charge in [-0.1, -0.05) is 41.6 Å². The predicted octanol–water partition coefficient (Wildman–Crippen LogP) is 5.42. The van der Waals surface area contributed by atoms with E-state index in [1.54, 1.807) is 61.1 Å². The number of hydrogen-bond donors (Lipinski definition) is 1. The molecule has 7 nitrogen and oxygen atoms in total. The summed E-state index contributed by atoms with van der Waals surface area (Å²) in [5.41, 5.74) is 2.09. The number of para-hydroxylation sites is 1. The zero-order valence-electron chi connectivity index (χ0n) is 19.6. The summed E-state index contributed by atoms with van der Waals surface area (Å²) in [5.74, 6) is 1.09. The van der Waals surface area contributed by atoms with E-state index in [2.05, 4.69) is 15.5 Å². The van der Waals surface area contributed by atoms with E-state index in [1.165, 1.54) is 17.8 Å². The van der Waals surface area contributed by atoms with Crippen LogP contribution in [0.5, 0.6) is 11.5 Å². The van der Waals surface area contributed by atoms with Crippen molar-refractivity contribution in [1.29, 1.82) is 0 Å². The molecule has 0 bridgehead atoms. The molecule has 180 valence electrons. The molecule has 3 aromatic carbocycles. The van der Waals surface area contributed by atoms with E-state index in [1.807, 2.05) is 31.2 Å². The summed E-state index contributed by atoms with van der Waals surface area (Å²) in [6, 6.07) is 21.0. The number of methoxy groups -OCH3 is 1. The van der Waals surface area contributed by atoms with Gasteiger partial charge in [-0.05, 0) is 62.4 Å². The summed E-state index contributed by atoms with van der Waals surface area (Å²) in [6.45, 7) is 3.80. The lowest BCUT2D eigenvalue weighted by molar-refractivity contribution is -0.115. The molecule has 0 aliphatic rings. The van der Waals surface area contributed by atoms with Crippen LogP contribution in [0.4, 0.5) is 10.1 Å². The molecule has 0 aliphatic heterocycles. The van der Waals surface area contributed by atoms with Crippen LogP contribution in [-0.4, -0.2) is 33.0 Å². The third kappa shape index (κ3) is 5.99. The molecule has 1 atom stereocenters. The van der Waals surface area contributed by atoms with Gasteiger partial charge in [0.05, 0.1) is 18.0 Å². The van der Waals surface area contributed by atoms with Crippen molar-refractivity contribution in [2.24, 2.45) is 0 Å². The number of hydrogen-bond acceptors (Lipinski definition) is 6. The first-order valence-electron chi connectivity index (χ1n) is 10.9. The first-order valence-corrected chi connectivity index (χ1v) is 11.8. The molecule has 4 aromatic rings. The molecule has 1 amide bonds. The van der Waals surface area contributed by atoms with Gasteiger partial charge in [0, 0.05) is 5.69 Å². The third-order valence-corrected chi connectivity index (χ3v) is 6.23. The maximum atomic E-state index is 14.8. The van der Waals surface area contributed by atoms with E-state index in [9.17, 15) is 9.18 Å². The second kappa shape index (κ2) is 11.1. The Hall–Kier alpha value is -3.85. The van der Waals surface area contributed by atoms with Crippen LogP contribution in [0.25, 0.3) is 5.69 Å². The van der Waals surface area contributed by atoms with Crippen LogP contribution in [0.2, 0.25) is 0 Å². The molecule has 1 N–H and O–H groups in total. The topological polar surface area (TPSA) is 78.3 Å². The highest BCUT2D eigenvalue weighted by molar-refractivity contribution is 8.00. The Balaban J connectivity index is 1.55. The van der Waals surface area contributed by atoms with Gasteiger partial charge in [0.25, 0.3) is 0 Å². The number of nitrogens with one attached hydrogen (secondary N) is 1. The Labute approximate surface area is 207 Å². The molecule has 0 fully saturated rings. The number of carbonyl (C=O) groups excluding carboxylic acids is 1. The highest BCUT2D eigenvalue weighted by Crippen LogP contribution is 2.28. The molecule has 1 heterocycles. The minimum Gasteiger partial charge on any atom is -0.497 e. The van der Waals surface area contributed by atoms with Crippen molar-refractivity contribution in [2.75, 3.05) is 12.4 Å². The molecule has 0 saturated carbocycles. The van der Waals surface area contributed by atoms with E-state index < -0.39 is 11.1 Å². The fourth-order valence-electron chi connectivity index (χ4n) is 3.26. The highest BCUT2D eigenvalue weighted by Gasteiger charge is 2.23. The van der Waals surface area contributed by atoms with Crippen LogP contribution in [0.3, 0.4) is 0 Å². The number of anilines is 1. The Bertz CT molecular complexity index is 1290. The van der Waals surface area contributed by atoms with E-state index in [4.69, 9.17) is 9.47 Å². The Kier molecular flexibility index (Phi) is 7.67. The van der Waals surface area contributed by atoms with Gasteiger partial charge in [-0.25, -0.2) is 4.39 Å². The van der Waals surface area contributed by atoms with E-state index in [-0.39, 0.29) is 18.2 Å². The smallest absolute Gasteiger partial charge is 0.237 e. The summed E-state index contributed by atoms with van der Waals surface area (Å²) in [6.07, 6.45) is 0. The summed E-state index contributed by atoms with van der Waals surface area (Å²) in [7, 11) is 1.59. The van der Waals surface area contributed by atoms with Gasteiger partial charge >= 0.3 is 0 Å². The van der Waals surface area contributed by atoms with Crippen LogP contribution in [-0.2, 0) is 11.4 Å². The van der Waals surface area contributed by atoms with Crippen molar-refractivity contribution in [3.05, 3.63) is 90.0 Å². The van der Waals surface area contributed by atoms with Crippen molar-refractivity contribution in [3.8, 4) is 17.2 Å². The standard InChI is InChI=1S/C26H25FN4O3S/c1-17-8-10-19(11-9-17)28-25(32)18(2)35-26-30-29-24(31(26)23-7-5-4-6-22(23)27)16-34-21-14-12-20(33-3)13-15-21/h4-15,18H,16H2,1-3H3,(H,28,32). The van der Waals surface area contributed by atoms with Gasteiger partial charge in [-0.2, -0.15) is 0 Å². The summed E-state index contributed by atoms with van der Waals surface area (Å²) in [4.78, 5) is 12.8. The lowest BCUT2D eigenvalue weighted by Gasteiger charge is -2.15. The van der Waals surface area contributed by atoms with Crippen LogP contribution >= 0.6 is 11.8 Å². The largest absolute Gasteiger partial charge is 0.497 e. The number of aryl methyl sites for hydroxylation is 1. The Morgan fingerprint density at radius 3 is 2.40 bits per heavy atom. The lowest BCUT2D eigenvalue weighted by atomic mass is 10.2. The number of benzene rings is 3. The maximum absolute atomic E-state index is 14.8. The van der Waals surface area contributed by atoms with E-state index in [0.717, 1.165) is 5.56 Å². The van der Waals surface area contributed by atoms with Crippen LogP contribution < -0.4 is 14.8 Å². The Morgan fingerprint density at radius 2 is 1.71 bits per heavy atom. The number of carbonyl (C=O) groups is 1. The molecule has 1 unspecified atom stereocenters.